The van der Waals surface area contributed by atoms with Gasteiger partial charge in [-0.3, -0.25) is 4.79 Å². The van der Waals surface area contributed by atoms with E-state index in [1.807, 2.05) is 32.6 Å². The summed E-state index contributed by atoms with van der Waals surface area (Å²) in [5.74, 6) is 1.02. The van der Waals surface area contributed by atoms with E-state index in [2.05, 4.69) is 5.16 Å². The fourth-order valence-corrected chi connectivity index (χ4v) is 1.83. The molecule has 0 aliphatic rings. The van der Waals surface area contributed by atoms with E-state index in [9.17, 15) is 4.79 Å². The normalized spacial score (nSPS) is 10.5. The van der Waals surface area contributed by atoms with E-state index in [0.29, 0.717) is 6.42 Å². The fraction of sp³-hybridized carbons (Fsp3) is 0.667. The number of hydrogen-bond donors (Lipinski definition) is 0. The molecule has 0 spiro atoms. The SMILES string of the molecule is CCN(CC)C(=O)CCc1c(C)noc1C. The highest BCUT2D eigenvalue weighted by Gasteiger charge is 2.13. The summed E-state index contributed by atoms with van der Waals surface area (Å²) >= 11 is 0. The first-order valence-electron chi connectivity index (χ1n) is 5.79. The quantitative estimate of drug-likeness (QED) is 0.769. The third kappa shape index (κ3) is 2.84. The second-order valence-electron chi connectivity index (χ2n) is 3.87. The van der Waals surface area contributed by atoms with Gasteiger partial charge in [0.25, 0.3) is 0 Å². The Kier molecular flexibility index (Phi) is 4.52. The molecule has 4 heteroatoms. The van der Waals surface area contributed by atoms with Crippen molar-refractivity contribution in [2.75, 3.05) is 13.1 Å². The van der Waals surface area contributed by atoms with Crippen LogP contribution < -0.4 is 0 Å². The molecule has 1 aromatic heterocycles. The Morgan fingerprint density at radius 1 is 1.31 bits per heavy atom. The van der Waals surface area contributed by atoms with Gasteiger partial charge in [0.2, 0.25) is 5.91 Å². The van der Waals surface area contributed by atoms with Crippen LogP contribution in [0.25, 0.3) is 0 Å². The van der Waals surface area contributed by atoms with Gasteiger partial charge in [-0.2, -0.15) is 0 Å². The third-order valence-electron chi connectivity index (χ3n) is 2.89. The molecule has 0 aliphatic heterocycles. The van der Waals surface area contributed by atoms with Crippen LogP contribution in [0.4, 0.5) is 0 Å². The van der Waals surface area contributed by atoms with Gasteiger partial charge in [-0.25, -0.2) is 0 Å². The van der Waals surface area contributed by atoms with Crippen molar-refractivity contribution in [3.8, 4) is 0 Å². The number of amides is 1. The molecule has 1 amide bonds. The summed E-state index contributed by atoms with van der Waals surface area (Å²) in [4.78, 5) is 13.6. The lowest BCUT2D eigenvalue weighted by Crippen LogP contribution is -2.30. The molecule has 90 valence electrons. The second-order valence-corrected chi connectivity index (χ2v) is 3.87. The molecule has 16 heavy (non-hydrogen) atoms. The van der Waals surface area contributed by atoms with Crippen molar-refractivity contribution in [3.63, 3.8) is 0 Å². The van der Waals surface area contributed by atoms with Crippen molar-refractivity contribution >= 4 is 5.91 Å². The molecule has 0 fully saturated rings. The topological polar surface area (TPSA) is 46.3 Å². The lowest BCUT2D eigenvalue weighted by molar-refractivity contribution is -0.130. The van der Waals surface area contributed by atoms with Crippen LogP contribution in [0, 0.1) is 13.8 Å². The maximum Gasteiger partial charge on any atom is 0.222 e. The van der Waals surface area contributed by atoms with Gasteiger partial charge >= 0.3 is 0 Å². The van der Waals surface area contributed by atoms with Gasteiger partial charge in [-0.1, -0.05) is 5.16 Å². The summed E-state index contributed by atoms with van der Waals surface area (Å²) in [5, 5.41) is 3.88. The van der Waals surface area contributed by atoms with E-state index in [1.54, 1.807) is 0 Å². The van der Waals surface area contributed by atoms with Gasteiger partial charge in [-0.05, 0) is 34.1 Å². The number of hydrogen-bond acceptors (Lipinski definition) is 3. The Hall–Kier alpha value is -1.32. The molecular weight excluding hydrogens is 204 g/mol. The highest BCUT2D eigenvalue weighted by Crippen LogP contribution is 2.14. The van der Waals surface area contributed by atoms with Crippen molar-refractivity contribution < 1.29 is 9.32 Å². The zero-order valence-corrected chi connectivity index (χ0v) is 10.5. The van der Waals surface area contributed by atoms with Crippen molar-refractivity contribution in [2.45, 2.75) is 40.5 Å². The fourth-order valence-electron chi connectivity index (χ4n) is 1.83. The van der Waals surface area contributed by atoms with Gasteiger partial charge in [0.05, 0.1) is 5.69 Å². The highest BCUT2D eigenvalue weighted by atomic mass is 16.5. The van der Waals surface area contributed by atoms with E-state index >= 15 is 0 Å². The Labute approximate surface area is 96.6 Å². The standard InChI is InChI=1S/C12H20N2O2/c1-5-14(6-2)12(15)8-7-11-9(3)13-16-10(11)4/h5-8H2,1-4H3. The molecule has 1 aromatic rings. The molecule has 1 heterocycles. The molecular formula is C12H20N2O2. The van der Waals surface area contributed by atoms with E-state index in [4.69, 9.17) is 4.52 Å². The molecule has 0 saturated heterocycles. The van der Waals surface area contributed by atoms with Gasteiger partial charge < -0.3 is 9.42 Å². The zero-order chi connectivity index (χ0) is 12.1. The maximum atomic E-state index is 11.8. The van der Waals surface area contributed by atoms with Crippen LogP contribution in [0.15, 0.2) is 4.52 Å². The number of aryl methyl sites for hydroxylation is 2. The van der Waals surface area contributed by atoms with E-state index in [-0.39, 0.29) is 5.91 Å². The minimum absolute atomic E-state index is 0.199. The molecule has 0 aromatic carbocycles. The smallest absolute Gasteiger partial charge is 0.222 e. The summed E-state index contributed by atoms with van der Waals surface area (Å²) in [5.41, 5.74) is 1.96. The number of carbonyl (C=O) groups excluding carboxylic acids is 1. The van der Waals surface area contributed by atoms with Gasteiger partial charge in [0, 0.05) is 25.1 Å². The second kappa shape index (κ2) is 5.68. The minimum Gasteiger partial charge on any atom is -0.361 e. The van der Waals surface area contributed by atoms with Crippen molar-refractivity contribution in [1.29, 1.82) is 0 Å². The molecule has 0 N–H and O–H groups in total. The van der Waals surface area contributed by atoms with Crippen molar-refractivity contribution in [1.82, 2.24) is 10.1 Å². The highest BCUT2D eigenvalue weighted by molar-refractivity contribution is 5.76. The molecule has 1 rings (SSSR count). The minimum atomic E-state index is 0.199. The van der Waals surface area contributed by atoms with Crippen LogP contribution in [-0.4, -0.2) is 29.1 Å². The summed E-state index contributed by atoms with van der Waals surface area (Å²) in [6.07, 6.45) is 1.25. The summed E-state index contributed by atoms with van der Waals surface area (Å²) in [7, 11) is 0. The molecule has 4 nitrogen and oxygen atoms in total. The average molecular weight is 224 g/mol. The lowest BCUT2D eigenvalue weighted by atomic mass is 10.1. The molecule has 0 saturated carbocycles. The summed E-state index contributed by atoms with van der Waals surface area (Å²) < 4.78 is 5.07. The van der Waals surface area contributed by atoms with Gasteiger partial charge in [-0.15, -0.1) is 0 Å². The first kappa shape index (κ1) is 12.7. The molecule has 0 unspecified atom stereocenters. The Morgan fingerprint density at radius 3 is 2.38 bits per heavy atom. The largest absolute Gasteiger partial charge is 0.361 e. The Balaban J connectivity index is 2.55. The van der Waals surface area contributed by atoms with Crippen LogP contribution in [0.5, 0.6) is 0 Å². The predicted molar refractivity (Wildman–Crippen MR) is 62.2 cm³/mol. The van der Waals surface area contributed by atoms with Crippen molar-refractivity contribution in [3.05, 3.63) is 17.0 Å². The molecule has 0 bridgehead atoms. The van der Waals surface area contributed by atoms with Crippen LogP contribution in [0.1, 0.15) is 37.3 Å². The molecule has 0 atom stereocenters. The summed E-state index contributed by atoms with van der Waals surface area (Å²) in [6.45, 7) is 9.34. The Morgan fingerprint density at radius 2 is 1.94 bits per heavy atom. The number of rotatable bonds is 5. The predicted octanol–water partition coefficient (Wildman–Crippen LogP) is 2.09. The first-order valence-corrected chi connectivity index (χ1v) is 5.79. The van der Waals surface area contributed by atoms with Crippen LogP contribution in [0.2, 0.25) is 0 Å². The van der Waals surface area contributed by atoms with Crippen LogP contribution in [0.3, 0.4) is 0 Å². The van der Waals surface area contributed by atoms with E-state index in [0.717, 1.165) is 36.5 Å². The lowest BCUT2D eigenvalue weighted by Gasteiger charge is -2.18. The summed E-state index contributed by atoms with van der Waals surface area (Å²) in [6, 6.07) is 0. The average Bonchev–Trinajstić information content (AvgIpc) is 2.58. The van der Waals surface area contributed by atoms with E-state index < -0.39 is 0 Å². The van der Waals surface area contributed by atoms with Crippen LogP contribution >= 0.6 is 0 Å². The van der Waals surface area contributed by atoms with Crippen molar-refractivity contribution in [2.24, 2.45) is 0 Å². The Bertz CT molecular complexity index is 334. The first-order chi connectivity index (χ1) is 7.60. The number of nitrogens with zero attached hydrogens (tertiary/aromatic N) is 2. The van der Waals surface area contributed by atoms with E-state index in [1.165, 1.54) is 0 Å². The zero-order valence-electron chi connectivity index (χ0n) is 10.5. The third-order valence-corrected chi connectivity index (χ3v) is 2.89. The molecule has 0 radical (unpaired) electrons. The van der Waals surface area contributed by atoms with Crippen LogP contribution in [-0.2, 0) is 11.2 Å². The molecule has 0 aliphatic carbocycles. The monoisotopic (exact) mass is 224 g/mol. The number of carbonyl (C=O) groups is 1. The number of aromatic nitrogens is 1. The van der Waals surface area contributed by atoms with Gasteiger partial charge in [0.1, 0.15) is 5.76 Å². The maximum absolute atomic E-state index is 11.8. The van der Waals surface area contributed by atoms with Gasteiger partial charge in [0.15, 0.2) is 0 Å².